The van der Waals surface area contributed by atoms with Crippen molar-refractivity contribution in [3.8, 4) is 0 Å². The van der Waals surface area contributed by atoms with Crippen LogP contribution in [0.2, 0.25) is 0 Å². The van der Waals surface area contributed by atoms with Crippen molar-refractivity contribution in [2.45, 2.75) is 6.54 Å². The molecule has 2 N–H and O–H groups in total. The van der Waals surface area contributed by atoms with Gasteiger partial charge >= 0.3 is 0 Å². The molecule has 122 valence electrons. The Hall–Kier alpha value is -3.54. The highest BCUT2D eigenvalue weighted by Crippen LogP contribution is 2.23. The van der Waals surface area contributed by atoms with E-state index in [1.54, 1.807) is 12.4 Å². The molecule has 0 aliphatic rings. The second-order valence-electron chi connectivity index (χ2n) is 5.51. The maximum Gasteiger partial charge on any atom is 0.249 e. The summed E-state index contributed by atoms with van der Waals surface area (Å²) in [7, 11) is 0. The highest BCUT2D eigenvalue weighted by molar-refractivity contribution is 5.91. The first kappa shape index (κ1) is 15.0. The van der Waals surface area contributed by atoms with E-state index in [-0.39, 0.29) is 0 Å². The van der Waals surface area contributed by atoms with E-state index in [1.807, 2.05) is 48.5 Å². The topological polar surface area (TPSA) is 75.6 Å². The van der Waals surface area contributed by atoms with Crippen molar-refractivity contribution in [2.75, 3.05) is 10.6 Å². The predicted molar refractivity (Wildman–Crippen MR) is 98.6 cm³/mol. The van der Waals surface area contributed by atoms with Crippen molar-refractivity contribution in [3.63, 3.8) is 0 Å². The van der Waals surface area contributed by atoms with Gasteiger partial charge in [-0.05, 0) is 17.7 Å². The lowest BCUT2D eigenvalue weighted by Crippen LogP contribution is -2.05. The monoisotopic (exact) mass is 328 g/mol. The van der Waals surface area contributed by atoms with Gasteiger partial charge in [0.15, 0.2) is 5.82 Å². The molecule has 0 unspecified atom stereocenters. The zero-order valence-electron chi connectivity index (χ0n) is 13.4. The Balaban J connectivity index is 1.53. The molecule has 4 rings (SSSR count). The van der Waals surface area contributed by atoms with Crippen LogP contribution in [0.25, 0.3) is 10.9 Å². The number of hydrogen-bond acceptors (Lipinski definition) is 6. The van der Waals surface area contributed by atoms with E-state index < -0.39 is 0 Å². The van der Waals surface area contributed by atoms with Crippen molar-refractivity contribution in [1.29, 1.82) is 0 Å². The number of anilines is 3. The summed E-state index contributed by atoms with van der Waals surface area (Å²) in [4.78, 5) is 8.89. The van der Waals surface area contributed by atoms with Crippen molar-refractivity contribution in [3.05, 3.63) is 78.6 Å². The SMILES string of the molecule is c1ccc(CNc2cnnc(Nc3cccc4cccnc34)n2)cc1. The van der Waals surface area contributed by atoms with Crippen LogP contribution in [0.15, 0.2) is 73.1 Å². The van der Waals surface area contributed by atoms with Gasteiger partial charge in [0.1, 0.15) is 0 Å². The third kappa shape index (κ3) is 3.53. The molecular weight excluding hydrogens is 312 g/mol. The summed E-state index contributed by atoms with van der Waals surface area (Å²) in [6.45, 7) is 0.675. The molecule has 25 heavy (non-hydrogen) atoms. The largest absolute Gasteiger partial charge is 0.365 e. The Bertz CT molecular complexity index is 982. The number of nitrogens with one attached hydrogen (secondary N) is 2. The average molecular weight is 328 g/mol. The van der Waals surface area contributed by atoms with Crippen LogP contribution in [0.4, 0.5) is 17.5 Å². The van der Waals surface area contributed by atoms with Gasteiger partial charge in [-0.15, -0.1) is 5.10 Å². The van der Waals surface area contributed by atoms with Crippen LogP contribution in [0, 0.1) is 0 Å². The van der Waals surface area contributed by atoms with E-state index in [2.05, 4.69) is 42.9 Å². The lowest BCUT2D eigenvalue weighted by Gasteiger charge is -2.09. The van der Waals surface area contributed by atoms with Gasteiger partial charge < -0.3 is 10.6 Å². The minimum atomic E-state index is 0.427. The summed E-state index contributed by atoms with van der Waals surface area (Å²) in [6.07, 6.45) is 3.37. The fourth-order valence-corrected chi connectivity index (χ4v) is 2.56. The van der Waals surface area contributed by atoms with E-state index in [4.69, 9.17) is 0 Å². The molecule has 6 nitrogen and oxygen atoms in total. The normalized spacial score (nSPS) is 10.6. The fraction of sp³-hybridized carbons (Fsp3) is 0.0526. The van der Waals surface area contributed by atoms with Crippen molar-refractivity contribution < 1.29 is 0 Å². The molecule has 0 saturated carbocycles. The van der Waals surface area contributed by atoms with Gasteiger partial charge in [0.25, 0.3) is 0 Å². The summed E-state index contributed by atoms with van der Waals surface area (Å²) in [5.74, 6) is 1.09. The second kappa shape index (κ2) is 6.92. The molecular formula is C19H16N6. The lowest BCUT2D eigenvalue weighted by atomic mass is 10.2. The molecule has 4 aromatic rings. The lowest BCUT2D eigenvalue weighted by molar-refractivity contribution is 0.966. The molecule has 2 aromatic carbocycles. The Morgan fingerprint density at radius 3 is 2.68 bits per heavy atom. The number of rotatable bonds is 5. The smallest absolute Gasteiger partial charge is 0.249 e. The maximum absolute atomic E-state index is 4.47. The van der Waals surface area contributed by atoms with Gasteiger partial charge in [-0.3, -0.25) is 4.98 Å². The van der Waals surface area contributed by atoms with Crippen LogP contribution < -0.4 is 10.6 Å². The molecule has 0 radical (unpaired) electrons. The van der Waals surface area contributed by atoms with Crippen molar-refractivity contribution in [2.24, 2.45) is 0 Å². The van der Waals surface area contributed by atoms with Gasteiger partial charge in [-0.1, -0.05) is 48.5 Å². The molecule has 2 aromatic heterocycles. The fourth-order valence-electron chi connectivity index (χ4n) is 2.56. The summed E-state index contributed by atoms with van der Waals surface area (Å²) in [6, 6.07) is 20.0. The zero-order valence-corrected chi connectivity index (χ0v) is 13.4. The number of nitrogens with zero attached hydrogens (tertiary/aromatic N) is 4. The second-order valence-corrected chi connectivity index (χ2v) is 5.51. The number of para-hydroxylation sites is 1. The third-order valence-electron chi connectivity index (χ3n) is 3.75. The average Bonchev–Trinajstić information content (AvgIpc) is 2.68. The number of pyridine rings is 1. The minimum Gasteiger partial charge on any atom is -0.365 e. The highest BCUT2D eigenvalue weighted by Gasteiger charge is 2.05. The summed E-state index contributed by atoms with van der Waals surface area (Å²) in [5.41, 5.74) is 2.89. The number of benzene rings is 2. The molecule has 0 aliphatic heterocycles. The van der Waals surface area contributed by atoms with Crippen LogP contribution in [0.1, 0.15) is 5.56 Å². The first-order valence-corrected chi connectivity index (χ1v) is 7.97. The van der Waals surface area contributed by atoms with Gasteiger partial charge in [-0.25, -0.2) is 0 Å². The minimum absolute atomic E-state index is 0.427. The van der Waals surface area contributed by atoms with Gasteiger partial charge in [0.2, 0.25) is 5.95 Å². The molecule has 2 heterocycles. The zero-order chi connectivity index (χ0) is 16.9. The number of aromatic nitrogens is 4. The quantitative estimate of drug-likeness (QED) is 0.581. The molecule has 0 amide bonds. The number of hydrogen-bond donors (Lipinski definition) is 2. The predicted octanol–water partition coefficient (Wildman–Crippen LogP) is 3.78. The molecule has 0 bridgehead atoms. The molecule has 6 heteroatoms. The van der Waals surface area contributed by atoms with Gasteiger partial charge in [0, 0.05) is 18.1 Å². The van der Waals surface area contributed by atoms with Gasteiger partial charge in [0.05, 0.1) is 17.4 Å². The van der Waals surface area contributed by atoms with Crippen LogP contribution in [-0.2, 0) is 6.54 Å². The van der Waals surface area contributed by atoms with Gasteiger partial charge in [-0.2, -0.15) is 10.1 Å². The van der Waals surface area contributed by atoms with E-state index in [9.17, 15) is 0 Å². The summed E-state index contributed by atoms with van der Waals surface area (Å²) in [5, 5.41) is 15.6. The van der Waals surface area contributed by atoms with E-state index in [0.717, 1.165) is 16.6 Å². The summed E-state index contributed by atoms with van der Waals surface area (Å²) < 4.78 is 0. The first-order chi connectivity index (χ1) is 12.4. The Morgan fingerprint density at radius 2 is 1.76 bits per heavy atom. The summed E-state index contributed by atoms with van der Waals surface area (Å²) >= 11 is 0. The van der Waals surface area contributed by atoms with E-state index in [1.165, 1.54) is 5.56 Å². The van der Waals surface area contributed by atoms with Crippen LogP contribution >= 0.6 is 0 Å². The Morgan fingerprint density at radius 1 is 0.880 bits per heavy atom. The molecule has 0 atom stereocenters. The van der Waals surface area contributed by atoms with Crippen LogP contribution in [0.3, 0.4) is 0 Å². The Kier molecular flexibility index (Phi) is 4.16. The first-order valence-electron chi connectivity index (χ1n) is 7.97. The van der Waals surface area contributed by atoms with Crippen molar-refractivity contribution >= 4 is 28.4 Å². The van der Waals surface area contributed by atoms with Crippen LogP contribution in [0.5, 0.6) is 0 Å². The molecule has 0 spiro atoms. The van der Waals surface area contributed by atoms with Crippen molar-refractivity contribution in [1.82, 2.24) is 20.2 Å². The third-order valence-corrected chi connectivity index (χ3v) is 3.75. The Labute approximate surface area is 145 Å². The maximum atomic E-state index is 4.47. The molecule has 0 fully saturated rings. The van der Waals surface area contributed by atoms with E-state index >= 15 is 0 Å². The standard InChI is InChI=1S/C19H16N6/c1-2-6-14(7-3-1)12-21-17-13-22-25-19(24-17)23-16-10-4-8-15-9-5-11-20-18(15)16/h1-11,13H,12H2,(H2,21,23,24,25). The highest BCUT2D eigenvalue weighted by atomic mass is 15.3. The number of fused-ring (bicyclic) bond motifs is 1. The van der Waals surface area contributed by atoms with Crippen LogP contribution in [-0.4, -0.2) is 20.2 Å². The van der Waals surface area contributed by atoms with E-state index in [0.29, 0.717) is 18.3 Å². The molecule has 0 aliphatic carbocycles. The molecule has 0 saturated heterocycles.